The van der Waals surface area contributed by atoms with Crippen LogP contribution in [-0.4, -0.2) is 41.9 Å². The Balaban J connectivity index is 2.67. The van der Waals surface area contributed by atoms with Gasteiger partial charge in [0.1, 0.15) is 0 Å². The van der Waals surface area contributed by atoms with Crippen molar-refractivity contribution in [2.45, 2.75) is 13.8 Å². The van der Waals surface area contributed by atoms with Gasteiger partial charge in [-0.05, 0) is 35.1 Å². The molecule has 1 aromatic rings. The van der Waals surface area contributed by atoms with Gasteiger partial charge in [-0.3, -0.25) is 14.9 Å². The molecule has 0 saturated heterocycles. The summed E-state index contributed by atoms with van der Waals surface area (Å²) in [6.45, 7) is 7.23. The topological polar surface area (TPSA) is 75.5 Å². The van der Waals surface area contributed by atoms with Crippen LogP contribution < -0.4 is 5.32 Å². The molecule has 0 radical (unpaired) electrons. The lowest BCUT2D eigenvalue weighted by atomic mass is 10.2. The van der Waals surface area contributed by atoms with E-state index < -0.39 is 4.92 Å². The highest BCUT2D eigenvalue weighted by molar-refractivity contribution is 9.10. The molecule has 0 bridgehead atoms. The first-order chi connectivity index (χ1) is 9.49. The fraction of sp³-hybridized carbons (Fsp3) is 0.462. The Hall–Kier alpha value is -1.47. The lowest BCUT2D eigenvalue weighted by Crippen LogP contribution is -2.34. The van der Waals surface area contributed by atoms with E-state index >= 15 is 0 Å². The minimum atomic E-state index is -0.515. The zero-order valence-electron chi connectivity index (χ0n) is 11.6. The van der Waals surface area contributed by atoms with E-state index in [0.29, 0.717) is 11.0 Å². The van der Waals surface area contributed by atoms with E-state index in [1.807, 2.05) is 0 Å². The lowest BCUT2D eigenvalue weighted by molar-refractivity contribution is -0.384. The van der Waals surface area contributed by atoms with Crippen LogP contribution in [0.1, 0.15) is 24.2 Å². The number of nitrogens with one attached hydrogen (secondary N) is 1. The third-order valence-electron chi connectivity index (χ3n) is 3.01. The molecule has 0 atom stereocenters. The van der Waals surface area contributed by atoms with Crippen LogP contribution in [0.15, 0.2) is 22.7 Å². The van der Waals surface area contributed by atoms with E-state index in [2.05, 4.69) is 40.0 Å². The van der Waals surface area contributed by atoms with Crippen molar-refractivity contribution in [2.24, 2.45) is 0 Å². The first-order valence-corrected chi connectivity index (χ1v) is 7.23. The minimum Gasteiger partial charge on any atom is -0.351 e. The highest BCUT2D eigenvalue weighted by Gasteiger charge is 2.15. The third-order valence-corrected chi connectivity index (χ3v) is 3.70. The van der Waals surface area contributed by atoms with Crippen LogP contribution in [0.4, 0.5) is 5.69 Å². The van der Waals surface area contributed by atoms with Gasteiger partial charge in [0.25, 0.3) is 11.6 Å². The van der Waals surface area contributed by atoms with Gasteiger partial charge >= 0.3 is 0 Å². The summed E-state index contributed by atoms with van der Waals surface area (Å²) in [7, 11) is 0. The summed E-state index contributed by atoms with van der Waals surface area (Å²) in [4.78, 5) is 24.4. The number of nitro groups is 1. The van der Waals surface area contributed by atoms with Crippen molar-refractivity contribution in [3.05, 3.63) is 38.3 Å². The summed E-state index contributed by atoms with van der Waals surface area (Å²) in [6, 6.07) is 4.14. The number of halogens is 1. The van der Waals surface area contributed by atoms with Crippen molar-refractivity contribution in [3.63, 3.8) is 0 Å². The number of hydrogen-bond donors (Lipinski definition) is 1. The minimum absolute atomic E-state index is 0.0953. The summed E-state index contributed by atoms with van der Waals surface area (Å²) in [5.41, 5.74) is 0.181. The van der Waals surface area contributed by atoms with Crippen LogP contribution in [0.25, 0.3) is 0 Å². The standard InChI is InChI=1S/C13H18BrN3O3/c1-3-16(4-2)8-7-15-13(18)11-9-10(17(19)20)5-6-12(11)14/h5-6,9H,3-4,7-8H2,1-2H3,(H,15,18). The number of nitrogens with zero attached hydrogens (tertiary/aromatic N) is 2. The predicted octanol–water partition coefficient (Wildman–Crippen LogP) is 2.43. The fourth-order valence-electron chi connectivity index (χ4n) is 1.76. The maximum absolute atomic E-state index is 12.0. The second-order valence-corrected chi connectivity index (χ2v) is 5.06. The number of non-ortho nitro benzene ring substituents is 1. The van der Waals surface area contributed by atoms with Crippen LogP contribution >= 0.6 is 15.9 Å². The molecule has 0 aliphatic rings. The van der Waals surface area contributed by atoms with Crippen molar-refractivity contribution >= 4 is 27.5 Å². The summed E-state index contributed by atoms with van der Waals surface area (Å²) < 4.78 is 0.545. The van der Waals surface area contributed by atoms with Crippen LogP contribution in [-0.2, 0) is 0 Å². The molecule has 0 heterocycles. The van der Waals surface area contributed by atoms with Gasteiger partial charge in [-0.1, -0.05) is 13.8 Å². The van der Waals surface area contributed by atoms with Crippen molar-refractivity contribution in [3.8, 4) is 0 Å². The Morgan fingerprint density at radius 1 is 1.40 bits per heavy atom. The first-order valence-electron chi connectivity index (χ1n) is 6.44. The Morgan fingerprint density at radius 3 is 2.60 bits per heavy atom. The van der Waals surface area contributed by atoms with Gasteiger partial charge in [-0.25, -0.2) is 0 Å². The molecule has 1 amide bonds. The Labute approximate surface area is 126 Å². The molecule has 0 aliphatic carbocycles. The molecule has 0 aromatic heterocycles. The molecule has 0 unspecified atom stereocenters. The average molecular weight is 344 g/mol. The zero-order valence-corrected chi connectivity index (χ0v) is 13.1. The van der Waals surface area contributed by atoms with E-state index in [4.69, 9.17) is 0 Å². The van der Waals surface area contributed by atoms with Gasteiger partial charge in [0.15, 0.2) is 0 Å². The predicted molar refractivity (Wildman–Crippen MR) is 80.9 cm³/mol. The van der Waals surface area contributed by atoms with E-state index in [0.717, 1.165) is 19.6 Å². The van der Waals surface area contributed by atoms with E-state index in [1.54, 1.807) is 0 Å². The lowest BCUT2D eigenvalue weighted by Gasteiger charge is -2.18. The largest absolute Gasteiger partial charge is 0.351 e. The molecular formula is C13H18BrN3O3. The van der Waals surface area contributed by atoms with Crippen LogP contribution in [0.2, 0.25) is 0 Å². The summed E-state index contributed by atoms with van der Waals surface area (Å²) in [5, 5.41) is 13.5. The van der Waals surface area contributed by atoms with E-state index in [1.165, 1.54) is 18.2 Å². The van der Waals surface area contributed by atoms with Crippen molar-refractivity contribution in [1.29, 1.82) is 0 Å². The average Bonchev–Trinajstić information content (AvgIpc) is 2.43. The zero-order chi connectivity index (χ0) is 15.1. The number of likely N-dealkylation sites (N-methyl/N-ethyl adjacent to an activating group) is 1. The summed E-state index contributed by atoms with van der Waals surface area (Å²) in [6.07, 6.45) is 0. The van der Waals surface area contributed by atoms with Crippen LogP contribution in [0.3, 0.4) is 0 Å². The molecule has 1 aromatic carbocycles. The molecule has 0 saturated carbocycles. The molecule has 110 valence electrons. The van der Waals surface area contributed by atoms with Gasteiger partial charge in [-0.2, -0.15) is 0 Å². The molecule has 0 spiro atoms. The SMILES string of the molecule is CCN(CC)CCNC(=O)c1cc([N+](=O)[O-])ccc1Br. The fourth-order valence-corrected chi connectivity index (χ4v) is 2.19. The Kier molecular flexibility index (Phi) is 6.60. The van der Waals surface area contributed by atoms with Crippen molar-refractivity contribution in [1.82, 2.24) is 10.2 Å². The highest BCUT2D eigenvalue weighted by atomic mass is 79.9. The van der Waals surface area contributed by atoms with Crippen LogP contribution in [0, 0.1) is 10.1 Å². The quantitative estimate of drug-likeness (QED) is 0.609. The number of rotatable bonds is 7. The van der Waals surface area contributed by atoms with E-state index in [9.17, 15) is 14.9 Å². The number of amides is 1. The van der Waals surface area contributed by atoms with Gasteiger partial charge in [0.05, 0.1) is 10.5 Å². The van der Waals surface area contributed by atoms with Gasteiger partial charge < -0.3 is 10.2 Å². The number of hydrogen-bond acceptors (Lipinski definition) is 4. The maximum Gasteiger partial charge on any atom is 0.270 e. The maximum atomic E-state index is 12.0. The molecule has 0 aliphatic heterocycles. The molecule has 20 heavy (non-hydrogen) atoms. The second kappa shape index (κ2) is 7.96. The number of nitro benzene ring substituents is 1. The molecule has 0 fully saturated rings. The van der Waals surface area contributed by atoms with Gasteiger partial charge in [-0.15, -0.1) is 0 Å². The molecular weight excluding hydrogens is 326 g/mol. The van der Waals surface area contributed by atoms with Gasteiger partial charge in [0, 0.05) is 29.7 Å². The normalized spacial score (nSPS) is 10.6. The monoisotopic (exact) mass is 343 g/mol. The van der Waals surface area contributed by atoms with Crippen molar-refractivity contribution in [2.75, 3.05) is 26.2 Å². The second-order valence-electron chi connectivity index (χ2n) is 4.20. The first kappa shape index (κ1) is 16.6. The van der Waals surface area contributed by atoms with Crippen molar-refractivity contribution < 1.29 is 9.72 Å². The van der Waals surface area contributed by atoms with Crippen LogP contribution in [0.5, 0.6) is 0 Å². The summed E-state index contributed by atoms with van der Waals surface area (Å²) >= 11 is 3.23. The molecule has 7 heteroatoms. The Morgan fingerprint density at radius 2 is 2.05 bits per heavy atom. The smallest absolute Gasteiger partial charge is 0.270 e. The molecule has 6 nitrogen and oxygen atoms in total. The number of carbonyl (C=O) groups is 1. The Bertz CT molecular complexity index is 490. The molecule has 1 N–H and O–H groups in total. The number of benzene rings is 1. The van der Waals surface area contributed by atoms with E-state index in [-0.39, 0.29) is 17.2 Å². The highest BCUT2D eigenvalue weighted by Crippen LogP contribution is 2.22. The molecule has 1 rings (SSSR count). The van der Waals surface area contributed by atoms with Gasteiger partial charge in [0.2, 0.25) is 0 Å². The number of carbonyl (C=O) groups excluding carboxylic acids is 1. The summed E-state index contributed by atoms with van der Waals surface area (Å²) in [5.74, 6) is -0.312. The third kappa shape index (κ3) is 4.57.